The van der Waals surface area contributed by atoms with Gasteiger partial charge < -0.3 is 24.6 Å². The molecule has 172 valence electrons. The van der Waals surface area contributed by atoms with Crippen LogP contribution in [0.25, 0.3) is 0 Å². The Morgan fingerprint density at radius 2 is 2.09 bits per heavy atom. The zero-order valence-electron chi connectivity index (χ0n) is 19.0. The molecule has 2 N–H and O–H groups in total. The molecule has 32 heavy (non-hydrogen) atoms. The van der Waals surface area contributed by atoms with Crippen molar-refractivity contribution in [3.05, 3.63) is 52.7 Å². The third-order valence-electron chi connectivity index (χ3n) is 5.66. The number of aromatic hydroxyl groups is 1. The smallest absolute Gasteiger partial charge is 0.291 e. The van der Waals surface area contributed by atoms with E-state index in [1.54, 1.807) is 16.8 Å². The molecule has 2 aromatic rings. The molecule has 2 heterocycles. The Kier molecular flexibility index (Phi) is 6.55. The minimum absolute atomic E-state index is 0.0340. The fourth-order valence-corrected chi connectivity index (χ4v) is 4.44. The van der Waals surface area contributed by atoms with Crippen LogP contribution < -0.4 is 5.32 Å². The largest absolute Gasteiger partial charge is 0.506 e. The number of hydrogen-bond donors (Lipinski definition) is 2. The summed E-state index contributed by atoms with van der Waals surface area (Å²) >= 11 is 6.37. The Labute approximate surface area is 192 Å². The summed E-state index contributed by atoms with van der Waals surface area (Å²) in [6.07, 6.45) is 2.65. The van der Waals surface area contributed by atoms with Gasteiger partial charge in [0.05, 0.1) is 24.5 Å². The number of halogens is 1. The Bertz CT molecular complexity index is 1050. The first kappa shape index (κ1) is 23.7. The molecular formula is C23H29ClN4O4. The van der Waals surface area contributed by atoms with Crippen LogP contribution in [0.4, 0.5) is 5.69 Å². The molecule has 1 aromatic heterocycles. The Balaban J connectivity index is 1.67. The van der Waals surface area contributed by atoms with Crippen molar-refractivity contribution in [3.63, 3.8) is 0 Å². The van der Waals surface area contributed by atoms with Crippen molar-refractivity contribution >= 4 is 29.1 Å². The summed E-state index contributed by atoms with van der Waals surface area (Å²) in [7, 11) is 1.67. The molecular weight excluding hydrogens is 432 g/mol. The van der Waals surface area contributed by atoms with E-state index in [-0.39, 0.29) is 41.3 Å². The minimum Gasteiger partial charge on any atom is -0.506 e. The summed E-state index contributed by atoms with van der Waals surface area (Å²) in [6.45, 7) is 12.6. The van der Waals surface area contributed by atoms with Crippen LogP contribution in [0.2, 0.25) is 5.02 Å². The highest BCUT2D eigenvalue weighted by atomic mass is 35.5. The van der Waals surface area contributed by atoms with Crippen LogP contribution in [0.5, 0.6) is 5.75 Å². The van der Waals surface area contributed by atoms with Crippen molar-refractivity contribution in [1.82, 2.24) is 14.8 Å². The van der Waals surface area contributed by atoms with E-state index in [1.807, 2.05) is 6.92 Å². The predicted molar refractivity (Wildman–Crippen MR) is 123 cm³/mol. The summed E-state index contributed by atoms with van der Waals surface area (Å²) in [5, 5.41) is 14.0. The van der Waals surface area contributed by atoms with Gasteiger partial charge in [-0.15, -0.1) is 0 Å². The Morgan fingerprint density at radius 1 is 1.44 bits per heavy atom. The summed E-state index contributed by atoms with van der Waals surface area (Å²) in [6, 6.07) is 1.44. The number of oxazole rings is 1. The van der Waals surface area contributed by atoms with Gasteiger partial charge in [-0.25, -0.2) is 4.98 Å². The van der Waals surface area contributed by atoms with Crippen LogP contribution >= 0.6 is 11.6 Å². The van der Waals surface area contributed by atoms with Gasteiger partial charge in [0.25, 0.3) is 5.91 Å². The van der Waals surface area contributed by atoms with Gasteiger partial charge in [0.2, 0.25) is 17.6 Å². The van der Waals surface area contributed by atoms with Gasteiger partial charge in [0.15, 0.2) is 0 Å². The number of phenolic OH excluding ortho intramolecular Hbond substituents is 1. The normalized spacial score (nSPS) is 14.1. The fourth-order valence-electron chi connectivity index (χ4n) is 3.91. The second kappa shape index (κ2) is 8.86. The number of carbonyl (C=O) groups excluding carboxylic acids is 2. The van der Waals surface area contributed by atoms with Gasteiger partial charge in [-0.3, -0.25) is 9.59 Å². The summed E-state index contributed by atoms with van der Waals surface area (Å²) in [5.41, 5.74) is 2.12. The molecule has 1 saturated heterocycles. The number of likely N-dealkylation sites (tertiary alicyclic amines) is 1. The molecule has 0 saturated carbocycles. The predicted octanol–water partition coefficient (Wildman–Crippen LogP) is 3.72. The molecule has 1 aliphatic rings. The third-order valence-corrected chi connectivity index (χ3v) is 5.95. The monoisotopic (exact) mass is 460 g/mol. The Hall–Kier alpha value is -3.00. The summed E-state index contributed by atoms with van der Waals surface area (Å²) < 4.78 is 5.63. The quantitative estimate of drug-likeness (QED) is 0.503. The summed E-state index contributed by atoms with van der Waals surface area (Å²) in [4.78, 5) is 31.6. The second-order valence-corrected chi connectivity index (χ2v) is 9.40. The van der Waals surface area contributed by atoms with Gasteiger partial charge in [-0.05, 0) is 29.5 Å². The zero-order chi connectivity index (χ0) is 23.8. The SMILES string of the molecule is C=CC(=O)N1CC(N(C)C(=O)c2cnc(CNc3c(O)cc(Cl)c(C(C)(C)C)c3C)o2)C1. The number of anilines is 1. The minimum atomic E-state index is -0.306. The van der Waals surface area contributed by atoms with Gasteiger partial charge in [0, 0.05) is 31.2 Å². The van der Waals surface area contributed by atoms with Crippen molar-refractivity contribution in [2.24, 2.45) is 0 Å². The van der Waals surface area contributed by atoms with E-state index < -0.39 is 0 Å². The number of nitrogens with zero attached hydrogens (tertiary/aromatic N) is 3. The summed E-state index contributed by atoms with van der Waals surface area (Å²) in [5.74, 6) is 0.00675. The van der Waals surface area contributed by atoms with Crippen molar-refractivity contribution in [2.45, 2.75) is 45.7 Å². The molecule has 3 rings (SSSR count). The maximum Gasteiger partial charge on any atom is 0.291 e. The molecule has 8 nitrogen and oxygen atoms in total. The second-order valence-electron chi connectivity index (χ2n) is 8.99. The molecule has 2 amide bonds. The van der Waals surface area contributed by atoms with Crippen molar-refractivity contribution in [2.75, 3.05) is 25.5 Å². The average molecular weight is 461 g/mol. The molecule has 0 bridgehead atoms. The van der Waals surface area contributed by atoms with Gasteiger partial charge in [-0.1, -0.05) is 39.0 Å². The fraction of sp³-hybridized carbons (Fsp3) is 0.435. The number of hydrogen-bond acceptors (Lipinski definition) is 6. The van der Waals surface area contributed by atoms with Crippen molar-refractivity contribution in [3.8, 4) is 5.75 Å². The van der Waals surface area contributed by atoms with Gasteiger partial charge in [-0.2, -0.15) is 0 Å². The lowest BCUT2D eigenvalue weighted by molar-refractivity contribution is -0.132. The Morgan fingerprint density at radius 3 is 2.69 bits per heavy atom. The van der Waals surface area contributed by atoms with E-state index in [9.17, 15) is 14.7 Å². The van der Waals surface area contributed by atoms with E-state index in [2.05, 4.69) is 37.7 Å². The lowest BCUT2D eigenvalue weighted by atomic mass is 9.83. The van der Waals surface area contributed by atoms with E-state index in [0.29, 0.717) is 29.7 Å². The van der Waals surface area contributed by atoms with Crippen LogP contribution in [-0.4, -0.2) is 57.9 Å². The molecule has 1 fully saturated rings. The lowest BCUT2D eigenvalue weighted by Crippen LogP contribution is -2.60. The van der Waals surface area contributed by atoms with Gasteiger partial charge in [0.1, 0.15) is 5.75 Å². The molecule has 0 radical (unpaired) electrons. The van der Waals surface area contributed by atoms with E-state index in [1.165, 1.54) is 18.3 Å². The molecule has 0 unspecified atom stereocenters. The molecule has 0 aliphatic carbocycles. The highest BCUT2D eigenvalue weighted by Crippen LogP contribution is 2.41. The van der Waals surface area contributed by atoms with Crippen molar-refractivity contribution < 1.29 is 19.1 Å². The van der Waals surface area contributed by atoms with Gasteiger partial charge >= 0.3 is 0 Å². The lowest BCUT2D eigenvalue weighted by Gasteiger charge is -2.43. The number of rotatable bonds is 6. The standard InChI is InChI=1S/C23H29ClN4O4/c1-7-19(30)28-11-14(12-28)27(6)22(31)17-9-25-18(32-17)10-26-21-13(2)20(23(3,4)5)15(24)8-16(21)29/h7-9,14,26,29H,1,10-12H2,2-6H3. The third kappa shape index (κ3) is 4.60. The van der Waals surface area contributed by atoms with Crippen molar-refractivity contribution in [1.29, 1.82) is 0 Å². The molecule has 1 aliphatic heterocycles. The number of nitrogens with one attached hydrogen (secondary N) is 1. The number of benzene rings is 1. The topological polar surface area (TPSA) is 98.9 Å². The molecule has 0 spiro atoms. The zero-order valence-corrected chi connectivity index (χ0v) is 19.8. The molecule has 9 heteroatoms. The first-order valence-electron chi connectivity index (χ1n) is 10.3. The van der Waals surface area contributed by atoms with Crippen LogP contribution in [-0.2, 0) is 16.8 Å². The number of carbonyl (C=O) groups is 2. The number of amides is 2. The highest BCUT2D eigenvalue weighted by molar-refractivity contribution is 6.32. The molecule has 0 atom stereocenters. The van der Waals surface area contributed by atoms with Crippen LogP contribution in [0.1, 0.15) is 48.3 Å². The van der Waals surface area contributed by atoms with E-state index >= 15 is 0 Å². The first-order chi connectivity index (χ1) is 14.9. The van der Waals surface area contributed by atoms with E-state index in [4.69, 9.17) is 16.0 Å². The highest BCUT2D eigenvalue weighted by Gasteiger charge is 2.35. The number of aromatic nitrogens is 1. The maximum absolute atomic E-state index is 12.7. The van der Waals surface area contributed by atoms with Crippen LogP contribution in [0.15, 0.2) is 29.3 Å². The first-order valence-corrected chi connectivity index (χ1v) is 10.7. The van der Waals surface area contributed by atoms with Crippen LogP contribution in [0.3, 0.4) is 0 Å². The molecule has 1 aromatic carbocycles. The maximum atomic E-state index is 12.7. The number of phenols is 1. The number of likely N-dealkylation sites (N-methyl/N-ethyl adjacent to an activating group) is 1. The van der Waals surface area contributed by atoms with Crippen LogP contribution in [0, 0.1) is 6.92 Å². The average Bonchev–Trinajstić information content (AvgIpc) is 3.13. The van der Waals surface area contributed by atoms with E-state index in [0.717, 1.165) is 11.1 Å².